The van der Waals surface area contributed by atoms with Crippen LogP contribution in [0.4, 0.5) is 15.2 Å². The lowest BCUT2D eigenvalue weighted by molar-refractivity contribution is 0.630. The number of para-hydroxylation sites is 1. The summed E-state index contributed by atoms with van der Waals surface area (Å²) in [5.41, 5.74) is 1.47. The summed E-state index contributed by atoms with van der Waals surface area (Å²) in [6, 6.07) is 16.1. The summed E-state index contributed by atoms with van der Waals surface area (Å²) in [5.74, 6) is -0.376. The van der Waals surface area contributed by atoms with Gasteiger partial charge < -0.3 is 10.3 Å². The van der Waals surface area contributed by atoms with Gasteiger partial charge in [0.15, 0.2) is 5.13 Å². The van der Waals surface area contributed by atoms with Crippen LogP contribution in [0.3, 0.4) is 0 Å². The van der Waals surface area contributed by atoms with Crippen LogP contribution < -0.4 is 10.9 Å². The number of rotatable bonds is 2. The topological polar surface area (TPSA) is 57.8 Å². The molecule has 0 bridgehead atoms. The SMILES string of the molecule is O=c1[nH]ccc2c3sc(Nc4ccccc4)nc3c3ccc(F)cc3c12. The molecule has 0 atom stereocenters. The summed E-state index contributed by atoms with van der Waals surface area (Å²) in [4.78, 5) is 19.8. The predicted molar refractivity (Wildman–Crippen MR) is 105 cm³/mol. The third-order valence-electron chi connectivity index (χ3n) is 4.36. The van der Waals surface area contributed by atoms with Crippen LogP contribution in [0.1, 0.15) is 0 Å². The number of aromatic amines is 1. The van der Waals surface area contributed by atoms with E-state index in [2.05, 4.69) is 10.3 Å². The van der Waals surface area contributed by atoms with Crippen LogP contribution >= 0.6 is 11.3 Å². The van der Waals surface area contributed by atoms with E-state index in [4.69, 9.17) is 4.98 Å². The maximum atomic E-state index is 13.8. The maximum absolute atomic E-state index is 13.8. The zero-order chi connectivity index (χ0) is 17.7. The second-order valence-corrected chi connectivity index (χ2v) is 6.97. The van der Waals surface area contributed by atoms with E-state index in [1.165, 1.54) is 23.5 Å². The minimum absolute atomic E-state index is 0.231. The highest BCUT2D eigenvalue weighted by Crippen LogP contribution is 2.38. The lowest BCUT2D eigenvalue weighted by atomic mass is 10.0. The number of hydrogen-bond acceptors (Lipinski definition) is 4. The van der Waals surface area contributed by atoms with Crippen LogP contribution in [0.2, 0.25) is 0 Å². The Hall–Kier alpha value is -3.25. The molecule has 6 heteroatoms. The molecule has 0 amide bonds. The lowest BCUT2D eigenvalue weighted by Crippen LogP contribution is -2.05. The molecule has 0 aliphatic carbocycles. The molecule has 0 saturated heterocycles. The van der Waals surface area contributed by atoms with Crippen molar-refractivity contribution < 1.29 is 4.39 Å². The minimum atomic E-state index is -0.376. The molecule has 3 aromatic carbocycles. The number of H-pyrrole nitrogens is 1. The van der Waals surface area contributed by atoms with E-state index in [1.807, 2.05) is 36.4 Å². The van der Waals surface area contributed by atoms with E-state index >= 15 is 0 Å². The molecule has 0 unspecified atom stereocenters. The van der Waals surface area contributed by atoms with Crippen LogP contribution in [0.15, 0.2) is 65.6 Å². The maximum Gasteiger partial charge on any atom is 0.256 e. The Bertz CT molecular complexity index is 1340. The monoisotopic (exact) mass is 361 g/mol. The molecular weight excluding hydrogens is 349 g/mol. The highest BCUT2D eigenvalue weighted by Gasteiger charge is 2.16. The number of anilines is 2. The third kappa shape index (κ3) is 2.27. The number of thiazole rings is 1. The number of benzene rings is 3. The van der Waals surface area contributed by atoms with Gasteiger partial charge in [-0.25, -0.2) is 9.37 Å². The van der Waals surface area contributed by atoms with Crippen molar-refractivity contribution in [2.75, 3.05) is 5.32 Å². The van der Waals surface area contributed by atoms with Crippen molar-refractivity contribution in [3.63, 3.8) is 0 Å². The van der Waals surface area contributed by atoms with Gasteiger partial charge in [0.1, 0.15) is 5.82 Å². The van der Waals surface area contributed by atoms with Gasteiger partial charge in [0.25, 0.3) is 5.56 Å². The zero-order valence-corrected chi connectivity index (χ0v) is 14.2. The van der Waals surface area contributed by atoms with Crippen LogP contribution in [-0.4, -0.2) is 9.97 Å². The molecule has 2 N–H and O–H groups in total. The molecule has 0 aliphatic rings. The molecule has 2 aromatic heterocycles. The van der Waals surface area contributed by atoms with E-state index in [9.17, 15) is 9.18 Å². The fourth-order valence-corrected chi connectivity index (χ4v) is 4.28. The number of halogens is 1. The Morgan fingerprint density at radius 2 is 1.85 bits per heavy atom. The van der Waals surface area contributed by atoms with E-state index in [-0.39, 0.29) is 11.4 Å². The molecule has 0 fully saturated rings. The fraction of sp³-hybridized carbons (Fsp3) is 0. The Kier molecular flexibility index (Phi) is 3.26. The van der Waals surface area contributed by atoms with E-state index in [1.54, 1.807) is 12.3 Å². The fourth-order valence-electron chi connectivity index (χ4n) is 3.25. The van der Waals surface area contributed by atoms with Crippen molar-refractivity contribution in [2.45, 2.75) is 0 Å². The normalized spacial score (nSPS) is 11.4. The first kappa shape index (κ1) is 15.0. The van der Waals surface area contributed by atoms with E-state index < -0.39 is 0 Å². The molecule has 0 saturated carbocycles. The van der Waals surface area contributed by atoms with Crippen molar-refractivity contribution >= 4 is 53.9 Å². The first-order chi connectivity index (χ1) is 12.7. The van der Waals surface area contributed by atoms with Crippen LogP contribution in [-0.2, 0) is 0 Å². The van der Waals surface area contributed by atoms with Crippen molar-refractivity contribution in [2.24, 2.45) is 0 Å². The molecule has 2 heterocycles. The van der Waals surface area contributed by atoms with Crippen LogP contribution in [0, 0.1) is 5.82 Å². The van der Waals surface area contributed by atoms with Crippen molar-refractivity contribution in [1.82, 2.24) is 9.97 Å². The van der Waals surface area contributed by atoms with Crippen LogP contribution in [0.25, 0.3) is 31.8 Å². The second-order valence-electron chi connectivity index (χ2n) is 5.97. The Labute approximate surface area is 150 Å². The number of nitrogens with one attached hydrogen (secondary N) is 2. The smallest absolute Gasteiger partial charge is 0.256 e. The summed E-state index contributed by atoms with van der Waals surface area (Å²) in [5, 5.41) is 6.63. The number of hydrogen-bond donors (Lipinski definition) is 2. The Morgan fingerprint density at radius 3 is 2.69 bits per heavy atom. The molecular formula is C20H12FN3OS. The Balaban J connectivity index is 1.87. The first-order valence-corrected chi connectivity index (χ1v) is 8.87. The Morgan fingerprint density at radius 1 is 1.00 bits per heavy atom. The standard InChI is InChI=1S/C20H12FN3OS/c21-11-6-7-13-15(10-11)16-14(8-9-22-19(16)25)18-17(13)24-20(26-18)23-12-4-2-1-3-5-12/h1-10H,(H,22,25)(H,23,24). The van der Waals surface area contributed by atoms with E-state index in [0.717, 1.165) is 31.8 Å². The largest absolute Gasteiger partial charge is 0.332 e. The number of nitrogens with zero attached hydrogens (tertiary/aromatic N) is 1. The van der Waals surface area contributed by atoms with Gasteiger partial charge in [-0.05, 0) is 36.4 Å². The minimum Gasteiger partial charge on any atom is -0.332 e. The van der Waals surface area contributed by atoms with E-state index in [0.29, 0.717) is 10.8 Å². The zero-order valence-electron chi connectivity index (χ0n) is 13.4. The lowest BCUT2D eigenvalue weighted by Gasteiger charge is -2.05. The average Bonchev–Trinajstić information content (AvgIpc) is 3.06. The summed E-state index contributed by atoms with van der Waals surface area (Å²) in [7, 11) is 0. The highest BCUT2D eigenvalue weighted by atomic mass is 32.1. The molecule has 0 spiro atoms. The van der Waals surface area contributed by atoms with Crippen molar-refractivity contribution in [3.05, 3.63) is 77.0 Å². The summed E-state index contributed by atoms with van der Waals surface area (Å²) in [6.07, 6.45) is 1.61. The summed E-state index contributed by atoms with van der Waals surface area (Å²) in [6.45, 7) is 0. The molecule has 4 nitrogen and oxygen atoms in total. The number of aromatic nitrogens is 2. The number of fused-ring (bicyclic) bond motifs is 6. The molecule has 0 aliphatic heterocycles. The van der Waals surface area contributed by atoms with Gasteiger partial charge in [-0.3, -0.25) is 4.79 Å². The predicted octanol–water partition coefficient (Wildman–Crippen LogP) is 5.17. The number of pyridine rings is 1. The second kappa shape index (κ2) is 5.64. The quantitative estimate of drug-likeness (QED) is 0.426. The van der Waals surface area contributed by atoms with Gasteiger partial charge in [0.2, 0.25) is 0 Å². The summed E-state index contributed by atoms with van der Waals surface area (Å²) >= 11 is 1.48. The molecule has 5 rings (SSSR count). The van der Waals surface area contributed by atoms with Gasteiger partial charge in [-0.15, -0.1) is 0 Å². The average molecular weight is 361 g/mol. The molecule has 126 valence electrons. The summed E-state index contributed by atoms with van der Waals surface area (Å²) < 4.78 is 14.8. The first-order valence-electron chi connectivity index (χ1n) is 8.06. The highest BCUT2D eigenvalue weighted by molar-refractivity contribution is 7.23. The van der Waals surface area contributed by atoms with Crippen LogP contribution in [0.5, 0.6) is 0 Å². The van der Waals surface area contributed by atoms with Gasteiger partial charge >= 0.3 is 0 Å². The van der Waals surface area contributed by atoms with Gasteiger partial charge in [0.05, 0.1) is 15.6 Å². The van der Waals surface area contributed by atoms with Gasteiger partial charge in [-0.2, -0.15) is 0 Å². The third-order valence-corrected chi connectivity index (χ3v) is 5.37. The molecule has 0 radical (unpaired) electrons. The van der Waals surface area contributed by atoms with Crippen molar-refractivity contribution in [1.29, 1.82) is 0 Å². The molecule has 26 heavy (non-hydrogen) atoms. The van der Waals surface area contributed by atoms with Gasteiger partial charge in [0, 0.05) is 28.0 Å². The van der Waals surface area contributed by atoms with Crippen molar-refractivity contribution in [3.8, 4) is 0 Å². The molecule has 5 aromatic rings. The van der Waals surface area contributed by atoms with Gasteiger partial charge in [-0.1, -0.05) is 29.5 Å².